The van der Waals surface area contributed by atoms with Gasteiger partial charge in [0.15, 0.2) is 17.3 Å². The normalized spacial score (nSPS) is 13.0. The molecule has 4 nitrogen and oxygen atoms in total. The monoisotopic (exact) mass is 305 g/mol. The van der Waals surface area contributed by atoms with E-state index in [2.05, 4.69) is 5.32 Å². The molecule has 0 saturated heterocycles. The van der Waals surface area contributed by atoms with Crippen LogP contribution >= 0.6 is 0 Å². The van der Waals surface area contributed by atoms with Crippen molar-refractivity contribution in [2.75, 3.05) is 11.9 Å². The third-order valence-corrected chi connectivity index (χ3v) is 3.79. The average molecular weight is 305 g/mol. The topological polar surface area (TPSA) is 63.2 Å². The molecule has 2 aromatic carbocycles. The first-order valence-corrected chi connectivity index (χ1v) is 7.31. The van der Waals surface area contributed by atoms with Gasteiger partial charge in [0.2, 0.25) is 0 Å². The SMILES string of the molecule is CC(=O)c1cccc(NCC=C2C(=O)c3ccccc3C2=O)c1. The first kappa shape index (κ1) is 14.9. The first-order chi connectivity index (χ1) is 11.1. The fourth-order valence-electron chi connectivity index (χ4n) is 2.58. The average Bonchev–Trinajstić information content (AvgIpc) is 2.80. The maximum atomic E-state index is 12.2. The van der Waals surface area contributed by atoms with Gasteiger partial charge < -0.3 is 5.32 Å². The van der Waals surface area contributed by atoms with Crippen molar-refractivity contribution in [1.29, 1.82) is 0 Å². The molecule has 1 aliphatic carbocycles. The highest BCUT2D eigenvalue weighted by atomic mass is 16.2. The molecule has 0 aliphatic heterocycles. The van der Waals surface area contributed by atoms with E-state index in [0.29, 0.717) is 23.2 Å². The molecule has 0 heterocycles. The van der Waals surface area contributed by atoms with Gasteiger partial charge in [0.05, 0.1) is 5.57 Å². The number of hydrogen-bond acceptors (Lipinski definition) is 4. The Morgan fingerprint density at radius 3 is 2.26 bits per heavy atom. The van der Waals surface area contributed by atoms with Crippen molar-refractivity contribution in [3.05, 3.63) is 76.9 Å². The number of anilines is 1. The Balaban J connectivity index is 1.75. The molecule has 2 aromatic rings. The van der Waals surface area contributed by atoms with Crippen molar-refractivity contribution >= 4 is 23.0 Å². The van der Waals surface area contributed by atoms with Crippen molar-refractivity contribution < 1.29 is 14.4 Å². The number of carbonyl (C=O) groups is 3. The van der Waals surface area contributed by atoms with E-state index < -0.39 is 0 Å². The van der Waals surface area contributed by atoms with Crippen molar-refractivity contribution in [3.63, 3.8) is 0 Å². The lowest BCUT2D eigenvalue weighted by Gasteiger charge is -2.05. The molecule has 0 fully saturated rings. The Morgan fingerprint density at radius 1 is 1.00 bits per heavy atom. The van der Waals surface area contributed by atoms with Gasteiger partial charge in [-0.15, -0.1) is 0 Å². The van der Waals surface area contributed by atoms with Gasteiger partial charge in [-0.05, 0) is 19.1 Å². The number of hydrogen-bond donors (Lipinski definition) is 1. The molecule has 3 rings (SSSR count). The maximum Gasteiger partial charge on any atom is 0.197 e. The van der Waals surface area contributed by atoms with Gasteiger partial charge in [-0.25, -0.2) is 0 Å². The molecule has 0 atom stereocenters. The summed E-state index contributed by atoms with van der Waals surface area (Å²) in [5, 5.41) is 3.10. The zero-order chi connectivity index (χ0) is 16.4. The molecule has 0 bridgehead atoms. The minimum absolute atomic E-state index is 0.0106. The molecule has 114 valence electrons. The lowest BCUT2D eigenvalue weighted by atomic mass is 10.1. The van der Waals surface area contributed by atoms with Crippen LogP contribution in [0.25, 0.3) is 0 Å². The highest BCUT2D eigenvalue weighted by Gasteiger charge is 2.32. The second-order valence-corrected chi connectivity index (χ2v) is 5.34. The minimum Gasteiger partial charge on any atom is -0.382 e. The van der Waals surface area contributed by atoms with Crippen LogP contribution in [0.1, 0.15) is 38.0 Å². The number of nitrogens with one attached hydrogen (secondary N) is 1. The second kappa shape index (κ2) is 6.01. The summed E-state index contributed by atoms with van der Waals surface area (Å²) in [5.41, 5.74) is 2.50. The van der Waals surface area contributed by atoms with Crippen LogP contribution in [0.4, 0.5) is 5.69 Å². The molecular formula is C19H15NO3. The van der Waals surface area contributed by atoms with Gasteiger partial charge in [-0.1, -0.05) is 42.5 Å². The van der Waals surface area contributed by atoms with E-state index in [-0.39, 0.29) is 22.9 Å². The van der Waals surface area contributed by atoms with E-state index in [0.717, 1.165) is 5.69 Å². The third-order valence-electron chi connectivity index (χ3n) is 3.79. The summed E-state index contributed by atoms with van der Waals surface area (Å²) < 4.78 is 0. The van der Waals surface area contributed by atoms with Crippen LogP contribution in [0.3, 0.4) is 0 Å². The number of Topliss-reactive ketones (excluding diaryl/α,β-unsaturated/α-hetero) is 3. The van der Waals surface area contributed by atoms with Gasteiger partial charge in [-0.3, -0.25) is 14.4 Å². The Hall–Kier alpha value is -3.01. The van der Waals surface area contributed by atoms with Crippen LogP contribution in [0.5, 0.6) is 0 Å². The summed E-state index contributed by atoms with van der Waals surface area (Å²) in [6.07, 6.45) is 1.60. The van der Waals surface area contributed by atoms with Crippen LogP contribution in [-0.2, 0) is 0 Å². The van der Waals surface area contributed by atoms with Crippen LogP contribution in [0.2, 0.25) is 0 Å². The third kappa shape index (κ3) is 2.83. The molecule has 0 spiro atoms. The fraction of sp³-hybridized carbons (Fsp3) is 0.105. The largest absolute Gasteiger partial charge is 0.382 e. The molecule has 23 heavy (non-hydrogen) atoms. The molecule has 0 unspecified atom stereocenters. The zero-order valence-electron chi connectivity index (χ0n) is 12.6. The van der Waals surface area contributed by atoms with E-state index >= 15 is 0 Å². The van der Waals surface area contributed by atoms with Gasteiger partial charge >= 0.3 is 0 Å². The van der Waals surface area contributed by atoms with Gasteiger partial charge in [0.25, 0.3) is 0 Å². The van der Waals surface area contributed by atoms with Gasteiger partial charge in [-0.2, -0.15) is 0 Å². The smallest absolute Gasteiger partial charge is 0.197 e. The number of benzene rings is 2. The lowest BCUT2D eigenvalue weighted by molar-refractivity contribution is 0.0984. The summed E-state index contributed by atoms with van der Waals surface area (Å²) in [4.78, 5) is 35.8. The zero-order valence-corrected chi connectivity index (χ0v) is 12.6. The highest BCUT2D eigenvalue weighted by Crippen LogP contribution is 2.25. The Morgan fingerprint density at radius 2 is 1.65 bits per heavy atom. The van der Waals surface area contributed by atoms with Crippen molar-refractivity contribution in [2.24, 2.45) is 0 Å². The minimum atomic E-state index is -0.232. The highest BCUT2D eigenvalue weighted by molar-refractivity contribution is 6.39. The molecule has 1 aliphatic rings. The van der Waals surface area contributed by atoms with Crippen LogP contribution in [0, 0.1) is 0 Å². The number of rotatable bonds is 4. The molecule has 0 aromatic heterocycles. The number of allylic oxidation sites excluding steroid dienone is 1. The molecule has 0 amide bonds. The standard InChI is InChI=1S/C19H15NO3/c1-12(21)13-5-4-6-14(11-13)20-10-9-17-18(22)15-7-2-3-8-16(15)19(17)23/h2-9,11,20H,10H2,1H3. The van der Waals surface area contributed by atoms with Gasteiger partial charge in [0.1, 0.15) is 0 Å². The number of fused-ring (bicyclic) bond motifs is 1. The Bertz CT molecular complexity index is 812. The number of ketones is 3. The first-order valence-electron chi connectivity index (χ1n) is 7.31. The predicted molar refractivity (Wildman–Crippen MR) is 88.1 cm³/mol. The van der Waals surface area contributed by atoms with Crippen molar-refractivity contribution in [3.8, 4) is 0 Å². The quantitative estimate of drug-likeness (QED) is 0.535. The van der Waals surface area contributed by atoms with E-state index in [1.807, 2.05) is 6.07 Å². The van der Waals surface area contributed by atoms with Crippen molar-refractivity contribution in [1.82, 2.24) is 0 Å². The van der Waals surface area contributed by atoms with E-state index in [1.54, 1.807) is 48.5 Å². The Labute approximate surface area is 133 Å². The van der Waals surface area contributed by atoms with E-state index in [9.17, 15) is 14.4 Å². The van der Waals surface area contributed by atoms with E-state index in [1.165, 1.54) is 6.92 Å². The van der Waals surface area contributed by atoms with Crippen molar-refractivity contribution in [2.45, 2.75) is 6.92 Å². The predicted octanol–water partition coefficient (Wildman–Crippen LogP) is 3.31. The maximum absolute atomic E-state index is 12.2. The molecule has 1 N–H and O–H groups in total. The summed E-state index contributed by atoms with van der Waals surface area (Å²) in [6.45, 7) is 1.84. The Kier molecular flexibility index (Phi) is 3.89. The van der Waals surface area contributed by atoms with Gasteiger partial charge in [0, 0.05) is 28.9 Å². The molecule has 0 radical (unpaired) electrons. The fourth-order valence-corrected chi connectivity index (χ4v) is 2.58. The number of carbonyl (C=O) groups excluding carboxylic acids is 3. The lowest BCUT2D eigenvalue weighted by Crippen LogP contribution is -2.06. The summed E-state index contributed by atoms with van der Waals surface area (Å²) >= 11 is 0. The molecule has 4 heteroatoms. The molecular weight excluding hydrogens is 290 g/mol. The summed E-state index contributed by atoms with van der Waals surface area (Å²) in [7, 11) is 0. The summed E-state index contributed by atoms with van der Waals surface area (Å²) in [5.74, 6) is -0.474. The van der Waals surface area contributed by atoms with Crippen LogP contribution in [0.15, 0.2) is 60.2 Å². The summed E-state index contributed by atoms with van der Waals surface area (Å²) in [6, 6.07) is 13.9. The second-order valence-electron chi connectivity index (χ2n) is 5.34. The van der Waals surface area contributed by atoms with Crippen LogP contribution < -0.4 is 5.32 Å². The van der Waals surface area contributed by atoms with E-state index in [4.69, 9.17) is 0 Å². The molecule has 0 saturated carbocycles. The van der Waals surface area contributed by atoms with Crippen LogP contribution in [-0.4, -0.2) is 23.9 Å².